The van der Waals surface area contributed by atoms with E-state index in [-0.39, 0.29) is 54.3 Å². The quantitative estimate of drug-likeness (QED) is 0.796. The monoisotopic (exact) mass is 399 g/mol. The van der Waals surface area contributed by atoms with Gasteiger partial charge in [-0.3, -0.25) is 9.59 Å². The van der Waals surface area contributed by atoms with E-state index in [4.69, 9.17) is 18.9 Å². The van der Waals surface area contributed by atoms with Crippen LogP contribution in [0.5, 0.6) is 28.7 Å². The first-order valence-electron chi connectivity index (χ1n) is 9.18. The van der Waals surface area contributed by atoms with E-state index in [9.17, 15) is 14.7 Å². The Morgan fingerprint density at radius 2 is 1.97 bits per heavy atom. The second-order valence-corrected chi connectivity index (χ2v) is 7.53. The SMILES string of the molecule is CC1(C)CC(=O)c2c(O)cc(OCC(=O)NCc3ccc4c(c3)OCO4)cc2O1. The van der Waals surface area contributed by atoms with E-state index in [0.29, 0.717) is 18.0 Å². The highest BCUT2D eigenvalue weighted by molar-refractivity contribution is 6.03. The van der Waals surface area contributed by atoms with E-state index in [0.717, 1.165) is 5.56 Å². The molecule has 8 nitrogen and oxygen atoms in total. The molecule has 0 aliphatic carbocycles. The molecular weight excluding hydrogens is 378 g/mol. The molecule has 2 aliphatic heterocycles. The molecule has 2 heterocycles. The number of Topliss-reactive ketones (excluding diaryl/α,β-unsaturated/α-hetero) is 1. The standard InChI is InChI=1S/C21H21NO7/c1-21(2)8-15(24)20-14(23)6-13(7-18(20)29-21)26-10-19(25)22-9-12-3-4-16-17(5-12)28-11-27-16/h3-7,23H,8-11H2,1-2H3,(H,22,25). The topological polar surface area (TPSA) is 103 Å². The molecule has 0 radical (unpaired) electrons. The summed E-state index contributed by atoms with van der Waals surface area (Å²) in [5.74, 6) is 1.07. The maximum absolute atomic E-state index is 12.2. The normalized spacial score (nSPS) is 16.0. The van der Waals surface area contributed by atoms with Crippen LogP contribution in [0.2, 0.25) is 0 Å². The van der Waals surface area contributed by atoms with E-state index in [1.165, 1.54) is 12.1 Å². The maximum atomic E-state index is 12.2. The molecule has 1 amide bonds. The number of phenolic OH excluding ortho intramolecular Hbond substituents is 1. The summed E-state index contributed by atoms with van der Waals surface area (Å²) in [4.78, 5) is 24.3. The number of ether oxygens (including phenoxy) is 4. The zero-order valence-electron chi connectivity index (χ0n) is 16.1. The van der Waals surface area contributed by atoms with E-state index < -0.39 is 5.60 Å². The van der Waals surface area contributed by atoms with Crippen molar-refractivity contribution in [2.75, 3.05) is 13.4 Å². The summed E-state index contributed by atoms with van der Waals surface area (Å²) < 4.78 is 21.8. The number of aromatic hydroxyl groups is 1. The van der Waals surface area contributed by atoms with Gasteiger partial charge >= 0.3 is 0 Å². The van der Waals surface area contributed by atoms with Gasteiger partial charge in [-0.15, -0.1) is 0 Å². The summed E-state index contributed by atoms with van der Waals surface area (Å²) >= 11 is 0. The van der Waals surface area contributed by atoms with Gasteiger partial charge in [-0.05, 0) is 31.5 Å². The summed E-state index contributed by atoms with van der Waals surface area (Å²) in [6.07, 6.45) is 0.177. The Hall–Kier alpha value is -3.42. The average molecular weight is 399 g/mol. The fourth-order valence-corrected chi connectivity index (χ4v) is 3.28. The molecule has 8 heteroatoms. The number of hydrogen-bond acceptors (Lipinski definition) is 7. The van der Waals surface area contributed by atoms with Crippen LogP contribution < -0.4 is 24.3 Å². The third-order valence-corrected chi connectivity index (χ3v) is 4.60. The minimum Gasteiger partial charge on any atom is -0.507 e. The highest BCUT2D eigenvalue weighted by Crippen LogP contribution is 2.41. The first-order chi connectivity index (χ1) is 13.8. The van der Waals surface area contributed by atoms with Gasteiger partial charge in [-0.25, -0.2) is 0 Å². The number of carbonyl (C=O) groups excluding carboxylic acids is 2. The smallest absolute Gasteiger partial charge is 0.258 e. The van der Waals surface area contributed by atoms with E-state index in [1.54, 1.807) is 26.0 Å². The molecule has 0 unspecified atom stereocenters. The van der Waals surface area contributed by atoms with Crippen LogP contribution in [-0.4, -0.2) is 35.8 Å². The number of benzene rings is 2. The lowest BCUT2D eigenvalue weighted by atomic mass is 9.92. The fraction of sp³-hybridized carbons (Fsp3) is 0.333. The minimum atomic E-state index is -0.670. The molecule has 0 spiro atoms. The van der Waals surface area contributed by atoms with Crippen LogP contribution in [0.4, 0.5) is 0 Å². The number of ketones is 1. The highest BCUT2D eigenvalue weighted by atomic mass is 16.7. The van der Waals surface area contributed by atoms with Crippen LogP contribution in [-0.2, 0) is 11.3 Å². The van der Waals surface area contributed by atoms with Gasteiger partial charge in [0.1, 0.15) is 28.4 Å². The van der Waals surface area contributed by atoms with Crippen LogP contribution in [0.3, 0.4) is 0 Å². The average Bonchev–Trinajstić information content (AvgIpc) is 3.10. The molecule has 0 aromatic heterocycles. The summed E-state index contributed by atoms with van der Waals surface area (Å²) in [5, 5.41) is 12.9. The van der Waals surface area contributed by atoms with Crippen molar-refractivity contribution in [2.45, 2.75) is 32.4 Å². The molecule has 0 atom stereocenters. The Morgan fingerprint density at radius 1 is 1.17 bits per heavy atom. The number of fused-ring (bicyclic) bond motifs is 2. The zero-order valence-corrected chi connectivity index (χ0v) is 16.1. The van der Waals surface area contributed by atoms with E-state index in [2.05, 4.69) is 5.32 Å². The van der Waals surface area contributed by atoms with Crippen LogP contribution in [0.25, 0.3) is 0 Å². The molecule has 0 bridgehead atoms. The van der Waals surface area contributed by atoms with E-state index in [1.807, 2.05) is 6.07 Å². The third kappa shape index (κ3) is 4.06. The Balaban J connectivity index is 1.36. The van der Waals surface area contributed by atoms with Gasteiger partial charge in [0.2, 0.25) is 6.79 Å². The number of phenols is 1. The molecule has 0 saturated heterocycles. The largest absolute Gasteiger partial charge is 0.507 e. The molecule has 4 rings (SSSR count). The van der Waals surface area contributed by atoms with Crippen molar-refractivity contribution in [3.63, 3.8) is 0 Å². The first-order valence-corrected chi connectivity index (χ1v) is 9.18. The highest BCUT2D eigenvalue weighted by Gasteiger charge is 2.35. The first kappa shape index (κ1) is 18.9. The van der Waals surface area contributed by atoms with Gasteiger partial charge in [-0.2, -0.15) is 0 Å². The summed E-state index contributed by atoms with van der Waals surface area (Å²) in [6.45, 7) is 3.84. The van der Waals surface area contributed by atoms with Crippen LogP contribution >= 0.6 is 0 Å². The molecule has 152 valence electrons. The minimum absolute atomic E-state index is 0.143. The van der Waals surface area contributed by atoms with Crippen molar-refractivity contribution < 1.29 is 33.6 Å². The predicted molar refractivity (Wildman–Crippen MR) is 102 cm³/mol. The fourth-order valence-electron chi connectivity index (χ4n) is 3.28. The van der Waals surface area contributed by atoms with Crippen molar-refractivity contribution in [2.24, 2.45) is 0 Å². The van der Waals surface area contributed by atoms with E-state index >= 15 is 0 Å². The number of hydrogen-bond donors (Lipinski definition) is 2. The lowest BCUT2D eigenvalue weighted by molar-refractivity contribution is -0.123. The molecule has 2 aromatic rings. The summed E-state index contributed by atoms with van der Waals surface area (Å²) in [6, 6.07) is 8.26. The van der Waals surface area contributed by atoms with Crippen molar-refractivity contribution >= 4 is 11.7 Å². The number of rotatable bonds is 5. The van der Waals surface area contributed by atoms with Crippen molar-refractivity contribution in [1.82, 2.24) is 5.32 Å². The summed E-state index contributed by atoms with van der Waals surface area (Å²) in [5.41, 5.74) is 0.337. The van der Waals surface area contributed by atoms with Crippen molar-refractivity contribution in [3.05, 3.63) is 41.5 Å². The molecular formula is C21H21NO7. The number of nitrogens with one attached hydrogen (secondary N) is 1. The molecule has 2 aromatic carbocycles. The lowest BCUT2D eigenvalue weighted by Gasteiger charge is -2.32. The van der Waals surface area contributed by atoms with Crippen LogP contribution in [0.15, 0.2) is 30.3 Å². The third-order valence-electron chi connectivity index (χ3n) is 4.60. The molecule has 29 heavy (non-hydrogen) atoms. The second-order valence-electron chi connectivity index (χ2n) is 7.53. The maximum Gasteiger partial charge on any atom is 0.258 e. The second kappa shape index (κ2) is 7.20. The van der Waals surface area contributed by atoms with Crippen molar-refractivity contribution in [3.8, 4) is 28.7 Å². The molecule has 0 fully saturated rings. The molecule has 2 aliphatic rings. The molecule has 2 N–H and O–H groups in total. The Morgan fingerprint density at radius 3 is 2.79 bits per heavy atom. The van der Waals surface area contributed by atoms with Gasteiger partial charge in [-0.1, -0.05) is 6.07 Å². The van der Waals surface area contributed by atoms with Gasteiger partial charge < -0.3 is 29.4 Å². The van der Waals surface area contributed by atoms with Gasteiger partial charge in [0.15, 0.2) is 23.9 Å². The Kier molecular flexibility index (Phi) is 4.70. The zero-order chi connectivity index (χ0) is 20.6. The number of amides is 1. The van der Waals surface area contributed by atoms with Gasteiger partial charge in [0.05, 0.1) is 6.42 Å². The Labute approximate surface area is 167 Å². The number of carbonyl (C=O) groups is 2. The van der Waals surface area contributed by atoms with Crippen molar-refractivity contribution in [1.29, 1.82) is 0 Å². The summed E-state index contributed by atoms with van der Waals surface area (Å²) in [7, 11) is 0. The predicted octanol–water partition coefficient (Wildman–Crippen LogP) is 2.56. The van der Waals surface area contributed by atoms with Gasteiger partial charge in [0, 0.05) is 18.7 Å². The van der Waals surface area contributed by atoms with Gasteiger partial charge in [0.25, 0.3) is 5.91 Å². The van der Waals surface area contributed by atoms with Crippen LogP contribution in [0, 0.1) is 0 Å². The lowest BCUT2D eigenvalue weighted by Crippen LogP contribution is -2.36. The molecule has 0 saturated carbocycles. The van der Waals surface area contributed by atoms with Crippen LogP contribution in [0.1, 0.15) is 36.2 Å². The Bertz CT molecular complexity index is 983.